The van der Waals surface area contributed by atoms with Crippen LogP contribution < -0.4 is 5.32 Å². The molecule has 0 aromatic heterocycles. The maximum absolute atomic E-state index is 11.3. The summed E-state index contributed by atoms with van der Waals surface area (Å²) in [7, 11) is 0. The molecule has 15 heavy (non-hydrogen) atoms. The molecule has 7 heteroatoms. The van der Waals surface area contributed by atoms with Gasteiger partial charge in [0.25, 0.3) is 5.91 Å². The van der Waals surface area contributed by atoms with Crippen molar-refractivity contribution in [2.24, 2.45) is 0 Å². The summed E-state index contributed by atoms with van der Waals surface area (Å²) in [5, 5.41) is 19.3. The number of aliphatic hydroxyl groups is 1. The number of ether oxygens (including phenoxy) is 2. The van der Waals surface area contributed by atoms with Crippen LogP contribution in [0.25, 0.3) is 0 Å². The number of nitrogens with one attached hydrogen (secondary N) is 1. The fraction of sp³-hybridized carbons (Fsp3) is 0.500. The number of hydrogen-bond acceptors (Lipinski definition) is 5. The molecule has 0 spiro atoms. The molecule has 0 unspecified atom stereocenters. The first-order chi connectivity index (χ1) is 7.15. The molecule has 1 atom stereocenters. The quantitative estimate of drug-likeness (QED) is 0.525. The standard InChI is InChI=1S/C8H11NO6/c10-3-5(8(12)13)9-7(11)6-4-14-1-2-15-6/h4-5,10H,1-3H2,(H,9,11)(H,12,13)/t5-/m0/s1. The zero-order valence-electron chi connectivity index (χ0n) is 7.80. The highest BCUT2D eigenvalue weighted by molar-refractivity contribution is 5.94. The molecule has 1 rings (SSSR count). The van der Waals surface area contributed by atoms with E-state index in [0.29, 0.717) is 6.61 Å². The van der Waals surface area contributed by atoms with Gasteiger partial charge in [0.2, 0.25) is 5.76 Å². The van der Waals surface area contributed by atoms with Gasteiger partial charge in [0.15, 0.2) is 6.04 Å². The Morgan fingerprint density at radius 2 is 2.27 bits per heavy atom. The molecule has 0 aliphatic carbocycles. The van der Waals surface area contributed by atoms with Gasteiger partial charge in [-0.25, -0.2) is 4.79 Å². The second-order valence-electron chi connectivity index (χ2n) is 2.75. The fourth-order valence-corrected chi connectivity index (χ4v) is 0.902. The zero-order chi connectivity index (χ0) is 11.3. The van der Waals surface area contributed by atoms with E-state index in [1.807, 2.05) is 0 Å². The number of aliphatic hydroxyl groups excluding tert-OH is 1. The summed E-state index contributed by atoms with van der Waals surface area (Å²) in [4.78, 5) is 21.8. The molecule has 1 heterocycles. The summed E-state index contributed by atoms with van der Waals surface area (Å²) in [6.45, 7) is -0.107. The second kappa shape index (κ2) is 5.20. The minimum Gasteiger partial charge on any atom is -0.494 e. The summed E-state index contributed by atoms with van der Waals surface area (Å²) in [5.41, 5.74) is 0. The van der Waals surface area contributed by atoms with Crippen molar-refractivity contribution in [3.63, 3.8) is 0 Å². The largest absolute Gasteiger partial charge is 0.494 e. The van der Waals surface area contributed by atoms with Gasteiger partial charge >= 0.3 is 5.97 Å². The van der Waals surface area contributed by atoms with Crippen LogP contribution in [0.3, 0.4) is 0 Å². The maximum atomic E-state index is 11.3. The number of carbonyl (C=O) groups is 2. The number of aliphatic carboxylic acids is 1. The average Bonchev–Trinajstić information content (AvgIpc) is 2.26. The van der Waals surface area contributed by atoms with Gasteiger partial charge in [0.1, 0.15) is 19.5 Å². The predicted molar refractivity (Wildman–Crippen MR) is 46.6 cm³/mol. The minimum absolute atomic E-state index is 0.0963. The Hall–Kier alpha value is -1.76. The SMILES string of the molecule is O=C(N[C@@H](CO)C(=O)O)C1=COCCO1. The molecule has 84 valence electrons. The van der Waals surface area contributed by atoms with Crippen molar-refractivity contribution < 1.29 is 29.3 Å². The van der Waals surface area contributed by atoms with Gasteiger partial charge in [0.05, 0.1) is 6.61 Å². The van der Waals surface area contributed by atoms with Crippen LogP contribution in [0.15, 0.2) is 12.0 Å². The third-order valence-electron chi connectivity index (χ3n) is 1.66. The van der Waals surface area contributed by atoms with Crippen molar-refractivity contribution in [2.75, 3.05) is 19.8 Å². The van der Waals surface area contributed by atoms with Gasteiger partial charge in [0, 0.05) is 0 Å². The summed E-state index contributed by atoms with van der Waals surface area (Å²) >= 11 is 0. The maximum Gasteiger partial charge on any atom is 0.328 e. The molecule has 3 N–H and O–H groups in total. The van der Waals surface area contributed by atoms with E-state index in [9.17, 15) is 9.59 Å². The molecule has 0 saturated heterocycles. The molecular formula is C8H11NO6. The predicted octanol–water partition coefficient (Wildman–Crippen LogP) is -1.56. The van der Waals surface area contributed by atoms with Crippen LogP contribution in [-0.4, -0.2) is 48.0 Å². The Labute approximate surface area is 85.3 Å². The minimum atomic E-state index is -1.34. The van der Waals surface area contributed by atoms with Crippen molar-refractivity contribution in [3.05, 3.63) is 12.0 Å². The van der Waals surface area contributed by atoms with Gasteiger partial charge in [-0.15, -0.1) is 0 Å². The van der Waals surface area contributed by atoms with Crippen molar-refractivity contribution in [3.8, 4) is 0 Å². The Balaban J connectivity index is 2.53. The summed E-state index contributed by atoms with van der Waals surface area (Å²) in [5.74, 6) is -2.14. The van der Waals surface area contributed by atoms with Gasteiger partial charge in [-0.3, -0.25) is 4.79 Å². The lowest BCUT2D eigenvalue weighted by molar-refractivity contribution is -0.143. The van der Waals surface area contributed by atoms with Crippen LogP contribution in [0.5, 0.6) is 0 Å². The highest BCUT2D eigenvalue weighted by Gasteiger charge is 2.22. The average molecular weight is 217 g/mol. The van der Waals surface area contributed by atoms with Crippen molar-refractivity contribution in [1.29, 1.82) is 0 Å². The second-order valence-corrected chi connectivity index (χ2v) is 2.75. The van der Waals surface area contributed by atoms with E-state index in [1.165, 1.54) is 0 Å². The van der Waals surface area contributed by atoms with Crippen LogP contribution in [0.1, 0.15) is 0 Å². The zero-order valence-corrected chi connectivity index (χ0v) is 7.80. The normalized spacial score (nSPS) is 16.7. The lowest BCUT2D eigenvalue weighted by Gasteiger charge is -2.17. The first kappa shape index (κ1) is 11.3. The van der Waals surface area contributed by atoms with Gasteiger partial charge < -0.3 is 25.0 Å². The van der Waals surface area contributed by atoms with E-state index < -0.39 is 24.5 Å². The molecule has 0 radical (unpaired) electrons. The number of amides is 1. The molecule has 1 aliphatic heterocycles. The lowest BCUT2D eigenvalue weighted by atomic mass is 10.3. The van der Waals surface area contributed by atoms with Crippen LogP contribution in [0.4, 0.5) is 0 Å². The van der Waals surface area contributed by atoms with Crippen LogP contribution in [-0.2, 0) is 19.1 Å². The molecule has 0 bridgehead atoms. The smallest absolute Gasteiger partial charge is 0.328 e. The number of rotatable bonds is 4. The fourth-order valence-electron chi connectivity index (χ4n) is 0.902. The van der Waals surface area contributed by atoms with E-state index in [4.69, 9.17) is 19.7 Å². The van der Waals surface area contributed by atoms with Crippen LogP contribution in [0, 0.1) is 0 Å². The number of hydrogen-bond donors (Lipinski definition) is 3. The molecule has 0 fully saturated rings. The number of carboxylic acids is 1. The van der Waals surface area contributed by atoms with E-state index in [2.05, 4.69) is 5.32 Å². The molecule has 1 aliphatic rings. The van der Waals surface area contributed by atoms with E-state index >= 15 is 0 Å². The van der Waals surface area contributed by atoms with E-state index in [-0.39, 0.29) is 12.4 Å². The summed E-state index contributed by atoms with van der Waals surface area (Å²) in [6, 6.07) is -1.34. The van der Waals surface area contributed by atoms with E-state index in [0.717, 1.165) is 6.26 Å². The van der Waals surface area contributed by atoms with Crippen molar-refractivity contribution in [2.45, 2.75) is 6.04 Å². The molecule has 0 saturated carbocycles. The topological polar surface area (TPSA) is 105 Å². The highest BCUT2D eigenvalue weighted by atomic mass is 16.6. The van der Waals surface area contributed by atoms with E-state index in [1.54, 1.807) is 0 Å². The molecule has 7 nitrogen and oxygen atoms in total. The third-order valence-corrected chi connectivity index (χ3v) is 1.66. The number of carboxylic acid groups (broad SMARTS) is 1. The third kappa shape index (κ3) is 3.13. The monoisotopic (exact) mass is 217 g/mol. The Kier molecular flexibility index (Phi) is 3.92. The number of carbonyl (C=O) groups excluding carboxylic acids is 1. The first-order valence-corrected chi connectivity index (χ1v) is 4.24. The molecular weight excluding hydrogens is 206 g/mol. The van der Waals surface area contributed by atoms with Crippen molar-refractivity contribution in [1.82, 2.24) is 5.32 Å². The van der Waals surface area contributed by atoms with Gasteiger partial charge in [-0.1, -0.05) is 0 Å². The lowest BCUT2D eigenvalue weighted by Crippen LogP contribution is -2.44. The Morgan fingerprint density at radius 1 is 1.53 bits per heavy atom. The Bertz CT molecular complexity index is 287. The van der Waals surface area contributed by atoms with Gasteiger partial charge in [-0.2, -0.15) is 0 Å². The van der Waals surface area contributed by atoms with Crippen LogP contribution in [0.2, 0.25) is 0 Å². The molecule has 1 amide bonds. The van der Waals surface area contributed by atoms with Crippen LogP contribution >= 0.6 is 0 Å². The van der Waals surface area contributed by atoms with Crippen molar-refractivity contribution >= 4 is 11.9 Å². The Morgan fingerprint density at radius 3 is 2.73 bits per heavy atom. The summed E-state index contributed by atoms with van der Waals surface area (Å²) in [6.07, 6.45) is 1.11. The first-order valence-electron chi connectivity index (χ1n) is 4.24. The van der Waals surface area contributed by atoms with Gasteiger partial charge in [-0.05, 0) is 0 Å². The highest BCUT2D eigenvalue weighted by Crippen LogP contribution is 2.04. The molecule has 0 aromatic rings. The molecule has 0 aromatic carbocycles. The summed E-state index contributed by atoms with van der Waals surface area (Å²) < 4.78 is 9.74.